The molecule has 7 heteroatoms. The second kappa shape index (κ2) is 5.22. The molecule has 2 rings (SSSR count). The van der Waals surface area contributed by atoms with Crippen molar-refractivity contribution in [3.63, 3.8) is 0 Å². The van der Waals surface area contributed by atoms with E-state index in [0.29, 0.717) is 30.5 Å². The fourth-order valence-electron chi connectivity index (χ4n) is 2.46. The SMILES string of the molecule is O=C(O)CCCn1nc(C(F)(F)F)c2c1CCCC2. The Bertz CT molecular complexity index is 480. The molecule has 0 aliphatic heterocycles. The van der Waals surface area contributed by atoms with Gasteiger partial charge in [-0.1, -0.05) is 0 Å². The fourth-order valence-corrected chi connectivity index (χ4v) is 2.46. The predicted molar refractivity (Wildman–Crippen MR) is 60.7 cm³/mol. The summed E-state index contributed by atoms with van der Waals surface area (Å²) in [5.41, 5.74) is 0.135. The minimum Gasteiger partial charge on any atom is -0.481 e. The smallest absolute Gasteiger partial charge is 0.435 e. The van der Waals surface area contributed by atoms with Crippen LogP contribution in [0.5, 0.6) is 0 Å². The number of hydrogen-bond acceptors (Lipinski definition) is 2. The molecule has 0 unspecified atom stereocenters. The van der Waals surface area contributed by atoms with Crippen LogP contribution < -0.4 is 0 Å². The van der Waals surface area contributed by atoms with Gasteiger partial charge in [0.15, 0.2) is 5.69 Å². The third-order valence-corrected chi connectivity index (χ3v) is 3.29. The summed E-state index contributed by atoms with van der Waals surface area (Å²) in [7, 11) is 0. The van der Waals surface area contributed by atoms with Crippen LogP contribution in [-0.4, -0.2) is 20.9 Å². The van der Waals surface area contributed by atoms with Gasteiger partial charge in [0, 0.05) is 24.2 Å². The first-order chi connectivity index (χ1) is 8.89. The molecule has 1 N–H and O–H groups in total. The molecule has 0 aromatic carbocycles. The van der Waals surface area contributed by atoms with E-state index in [1.54, 1.807) is 0 Å². The summed E-state index contributed by atoms with van der Waals surface area (Å²) in [5, 5.41) is 12.2. The van der Waals surface area contributed by atoms with Crippen LogP contribution in [0.25, 0.3) is 0 Å². The number of carbonyl (C=O) groups is 1. The highest BCUT2D eigenvalue weighted by atomic mass is 19.4. The number of nitrogens with zero attached hydrogens (tertiary/aromatic N) is 2. The monoisotopic (exact) mass is 276 g/mol. The molecule has 1 aromatic heterocycles. The number of rotatable bonds is 4. The first-order valence-electron chi connectivity index (χ1n) is 6.27. The zero-order valence-corrected chi connectivity index (χ0v) is 10.3. The van der Waals surface area contributed by atoms with Crippen molar-refractivity contribution in [2.24, 2.45) is 0 Å². The summed E-state index contributed by atoms with van der Waals surface area (Å²) >= 11 is 0. The van der Waals surface area contributed by atoms with Crippen LogP contribution in [0.2, 0.25) is 0 Å². The Balaban J connectivity index is 2.23. The molecule has 0 bridgehead atoms. The third kappa shape index (κ3) is 3.08. The van der Waals surface area contributed by atoms with Gasteiger partial charge in [0.25, 0.3) is 0 Å². The number of halogens is 3. The molecular formula is C12H15F3N2O2. The zero-order chi connectivity index (χ0) is 14.0. The Morgan fingerprint density at radius 2 is 2.00 bits per heavy atom. The molecule has 0 saturated carbocycles. The summed E-state index contributed by atoms with van der Waals surface area (Å²) < 4.78 is 40.0. The van der Waals surface area contributed by atoms with Crippen LogP contribution in [0, 0.1) is 0 Å². The van der Waals surface area contributed by atoms with Crippen LogP contribution in [0.4, 0.5) is 13.2 Å². The number of carboxylic acids is 1. The van der Waals surface area contributed by atoms with Gasteiger partial charge in [-0.3, -0.25) is 9.48 Å². The Kier molecular flexibility index (Phi) is 3.82. The number of aryl methyl sites for hydroxylation is 1. The molecule has 0 amide bonds. The Labute approximate surface area is 108 Å². The molecule has 1 aromatic rings. The Hall–Kier alpha value is -1.53. The molecule has 4 nitrogen and oxygen atoms in total. The van der Waals surface area contributed by atoms with Crippen LogP contribution in [0.15, 0.2) is 0 Å². The number of carboxylic acid groups (broad SMARTS) is 1. The Morgan fingerprint density at radius 3 is 2.63 bits per heavy atom. The normalized spacial score (nSPS) is 15.3. The minimum absolute atomic E-state index is 0.0595. The summed E-state index contributed by atoms with van der Waals surface area (Å²) in [6, 6.07) is 0. The predicted octanol–water partition coefficient (Wildman–Crippen LogP) is 2.65. The van der Waals surface area contributed by atoms with E-state index in [0.717, 1.165) is 12.8 Å². The lowest BCUT2D eigenvalue weighted by Crippen LogP contribution is -2.11. The number of fused-ring (bicyclic) bond motifs is 1. The van der Waals surface area contributed by atoms with Gasteiger partial charge >= 0.3 is 12.1 Å². The van der Waals surface area contributed by atoms with E-state index in [2.05, 4.69) is 5.10 Å². The van der Waals surface area contributed by atoms with E-state index in [1.165, 1.54) is 4.68 Å². The highest BCUT2D eigenvalue weighted by Gasteiger charge is 2.39. The topological polar surface area (TPSA) is 55.1 Å². The molecular weight excluding hydrogens is 261 g/mol. The van der Waals surface area contributed by atoms with Gasteiger partial charge in [-0.05, 0) is 32.1 Å². The lowest BCUT2D eigenvalue weighted by atomic mass is 9.95. The molecule has 0 saturated heterocycles. The number of hydrogen-bond donors (Lipinski definition) is 1. The maximum absolute atomic E-state index is 12.9. The molecule has 1 heterocycles. The van der Waals surface area contributed by atoms with Gasteiger partial charge < -0.3 is 5.11 Å². The van der Waals surface area contributed by atoms with Gasteiger partial charge in [0.2, 0.25) is 0 Å². The van der Waals surface area contributed by atoms with E-state index >= 15 is 0 Å². The van der Waals surface area contributed by atoms with Crippen LogP contribution in [0.3, 0.4) is 0 Å². The van der Waals surface area contributed by atoms with E-state index < -0.39 is 17.8 Å². The second-order valence-electron chi connectivity index (χ2n) is 4.70. The first-order valence-corrected chi connectivity index (χ1v) is 6.27. The zero-order valence-electron chi connectivity index (χ0n) is 10.3. The quantitative estimate of drug-likeness (QED) is 0.919. The van der Waals surface area contributed by atoms with E-state index in [9.17, 15) is 18.0 Å². The fraction of sp³-hybridized carbons (Fsp3) is 0.667. The van der Waals surface area contributed by atoms with Crippen molar-refractivity contribution in [1.29, 1.82) is 0 Å². The van der Waals surface area contributed by atoms with Gasteiger partial charge in [-0.15, -0.1) is 0 Å². The lowest BCUT2D eigenvalue weighted by Gasteiger charge is -2.14. The maximum atomic E-state index is 12.9. The van der Waals surface area contributed by atoms with Crippen molar-refractivity contribution < 1.29 is 23.1 Å². The second-order valence-corrected chi connectivity index (χ2v) is 4.70. The van der Waals surface area contributed by atoms with Gasteiger partial charge in [-0.2, -0.15) is 18.3 Å². The summed E-state index contributed by atoms with van der Waals surface area (Å²) in [5.74, 6) is -0.947. The van der Waals surface area contributed by atoms with Crippen molar-refractivity contribution in [2.75, 3.05) is 0 Å². The number of aliphatic carboxylic acids is 1. The average Bonchev–Trinajstić information content (AvgIpc) is 2.68. The van der Waals surface area contributed by atoms with E-state index in [-0.39, 0.29) is 13.0 Å². The third-order valence-electron chi connectivity index (χ3n) is 3.29. The molecule has 1 aliphatic carbocycles. The van der Waals surface area contributed by atoms with E-state index in [1.807, 2.05) is 0 Å². The first kappa shape index (κ1) is 13.9. The standard InChI is InChI=1S/C12H15F3N2O2/c13-12(14,15)11-8-4-1-2-5-9(8)17(16-11)7-3-6-10(18)19/h1-7H2,(H,18,19). The van der Waals surface area contributed by atoms with Gasteiger partial charge in [0.05, 0.1) is 0 Å². The number of alkyl halides is 3. The summed E-state index contributed by atoms with van der Waals surface area (Å²) in [6.45, 7) is 0.227. The van der Waals surface area contributed by atoms with Crippen molar-refractivity contribution in [2.45, 2.75) is 51.2 Å². The summed E-state index contributed by atoms with van der Waals surface area (Å²) in [6.07, 6.45) is -1.60. The largest absolute Gasteiger partial charge is 0.481 e. The minimum atomic E-state index is -4.43. The molecule has 106 valence electrons. The highest BCUT2D eigenvalue weighted by molar-refractivity contribution is 5.66. The van der Waals surface area contributed by atoms with Crippen LogP contribution in [-0.2, 0) is 30.4 Å². The van der Waals surface area contributed by atoms with Crippen LogP contribution >= 0.6 is 0 Å². The van der Waals surface area contributed by atoms with Crippen molar-refractivity contribution in [1.82, 2.24) is 9.78 Å². The van der Waals surface area contributed by atoms with Crippen molar-refractivity contribution in [3.05, 3.63) is 17.0 Å². The lowest BCUT2D eigenvalue weighted by molar-refractivity contribution is -0.142. The molecule has 0 spiro atoms. The number of aromatic nitrogens is 2. The Morgan fingerprint density at radius 1 is 1.32 bits per heavy atom. The summed E-state index contributed by atoms with van der Waals surface area (Å²) in [4.78, 5) is 10.4. The molecule has 0 atom stereocenters. The highest BCUT2D eigenvalue weighted by Crippen LogP contribution is 2.35. The molecule has 0 fully saturated rings. The molecule has 19 heavy (non-hydrogen) atoms. The average molecular weight is 276 g/mol. The van der Waals surface area contributed by atoms with E-state index in [4.69, 9.17) is 5.11 Å². The molecule has 1 aliphatic rings. The van der Waals surface area contributed by atoms with Gasteiger partial charge in [0.1, 0.15) is 0 Å². The van der Waals surface area contributed by atoms with Crippen LogP contribution in [0.1, 0.15) is 42.6 Å². The maximum Gasteiger partial charge on any atom is 0.435 e. The van der Waals surface area contributed by atoms with Gasteiger partial charge in [-0.25, -0.2) is 0 Å². The van der Waals surface area contributed by atoms with Crippen molar-refractivity contribution >= 4 is 5.97 Å². The molecule has 0 radical (unpaired) electrons. The van der Waals surface area contributed by atoms with Crippen molar-refractivity contribution in [3.8, 4) is 0 Å².